The number of hydrogen-bond donors (Lipinski definition) is 1. The Bertz CT molecular complexity index is 394. The lowest BCUT2D eigenvalue weighted by molar-refractivity contribution is 0.251. The molecule has 2 saturated heterocycles. The first-order chi connectivity index (χ1) is 9.57. The summed E-state index contributed by atoms with van der Waals surface area (Å²) in [6, 6.07) is 0. The van der Waals surface area contributed by atoms with Gasteiger partial charge < -0.3 is 5.32 Å². The van der Waals surface area contributed by atoms with Crippen LogP contribution in [0, 0.1) is 5.92 Å². The van der Waals surface area contributed by atoms with Crippen LogP contribution in [-0.2, 0) is 10.2 Å². The van der Waals surface area contributed by atoms with Gasteiger partial charge in [0.25, 0.3) is 10.2 Å². The summed E-state index contributed by atoms with van der Waals surface area (Å²) in [4.78, 5) is 0. The Morgan fingerprint density at radius 3 is 2.50 bits per heavy atom. The summed E-state index contributed by atoms with van der Waals surface area (Å²) in [5.74, 6) is 1.54. The minimum atomic E-state index is -3.23. The van der Waals surface area contributed by atoms with Crippen LogP contribution in [0.4, 0.5) is 0 Å². The first-order valence-corrected chi connectivity index (χ1v) is 10.0. The fourth-order valence-corrected chi connectivity index (χ4v) is 6.02. The third-order valence-electron chi connectivity index (χ3n) is 4.28. The van der Waals surface area contributed by atoms with Gasteiger partial charge in [0, 0.05) is 37.2 Å². The van der Waals surface area contributed by atoms with Gasteiger partial charge in [-0.15, -0.1) is 0 Å². The van der Waals surface area contributed by atoms with Crippen LogP contribution in [0.2, 0.25) is 0 Å². The van der Waals surface area contributed by atoms with Gasteiger partial charge in [-0.05, 0) is 38.8 Å². The maximum Gasteiger partial charge on any atom is 0.282 e. The van der Waals surface area contributed by atoms with Crippen LogP contribution in [0.3, 0.4) is 0 Å². The van der Waals surface area contributed by atoms with Crippen molar-refractivity contribution in [3.05, 3.63) is 0 Å². The van der Waals surface area contributed by atoms with E-state index in [2.05, 4.69) is 12.2 Å². The minimum absolute atomic E-state index is 0.459. The maximum absolute atomic E-state index is 12.7. The molecule has 1 N–H and O–H groups in total. The van der Waals surface area contributed by atoms with Crippen LogP contribution >= 0.6 is 11.8 Å². The maximum atomic E-state index is 12.7. The molecule has 0 aromatic rings. The van der Waals surface area contributed by atoms with Crippen LogP contribution in [0.5, 0.6) is 0 Å². The number of thioether (sulfide) groups is 1. The highest BCUT2D eigenvalue weighted by atomic mass is 32.2. The normalized spacial score (nSPS) is 27.8. The smallest absolute Gasteiger partial charge is 0.282 e. The molecule has 1 atom stereocenters. The molecule has 2 aliphatic rings. The molecule has 2 fully saturated rings. The van der Waals surface area contributed by atoms with Gasteiger partial charge in [-0.2, -0.15) is 28.8 Å². The van der Waals surface area contributed by atoms with Crippen LogP contribution in [0.1, 0.15) is 26.2 Å². The van der Waals surface area contributed by atoms with E-state index in [-0.39, 0.29) is 0 Å². The van der Waals surface area contributed by atoms with Crippen molar-refractivity contribution < 1.29 is 8.42 Å². The van der Waals surface area contributed by atoms with Crippen molar-refractivity contribution in [1.82, 2.24) is 13.9 Å². The summed E-state index contributed by atoms with van der Waals surface area (Å²) in [5.41, 5.74) is 0. The predicted octanol–water partition coefficient (Wildman–Crippen LogP) is 0.990. The average molecular weight is 322 g/mol. The Balaban J connectivity index is 1.93. The molecule has 2 aliphatic heterocycles. The molecule has 0 spiro atoms. The molecule has 20 heavy (non-hydrogen) atoms. The Morgan fingerprint density at radius 1 is 1.20 bits per heavy atom. The summed E-state index contributed by atoms with van der Waals surface area (Å²) in [5, 5.41) is 3.65. The van der Waals surface area contributed by atoms with Crippen molar-refractivity contribution in [2.45, 2.75) is 31.4 Å². The number of rotatable bonds is 5. The summed E-state index contributed by atoms with van der Waals surface area (Å²) in [6.07, 6.45) is 2.99. The van der Waals surface area contributed by atoms with Crippen LogP contribution in [0.25, 0.3) is 0 Å². The average Bonchev–Trinajstić information content (AvgIpc) is 2.48. The standard InChI is InChI=1S/C13H27N3O2S2/c1-3-13-11-16(8-9-19-13)20(17,18)15-6-4-12(5-7-15)10-14-2/h12-14H,3-11H2,1-2H3. The van der Waals surface area contributed by atoms with E-state index in [0.29, 0.717) is 37.3 Å². The monoisotopic (exact) mass is 321 g/mol. The van der Waals surface area contributed by atoms with Crippen molar-refractivity contribution >= 4 is 22.0 Å². The first kappa shape index (κ1) is 16.5. The largest absolute Gasteiger partial charge is 0.319 e. The second kappa shape index (κ2) is 7.45. The molecule has 0 aromatic carbocycles. The highest BCUT2D eigenvalue weighted by molar-refractivity contribution is 8.00. The van der Waals surface area contributed by atoms with E-state index in [1.54, 1.807) is 8.61 Å². The second-order valence-electron chi connectivity index (χ2n) is 5.67. The van der Waals surface area contributed by atoms with E-state index < -0.39 is 10.2 Å². The van der Waals surface area contributed by atoms with Gasteiger partial charge in [0.05, 0.1) is 0 Å². The quantitative estimate of drug-likeness (QED) is 0.820. The number of piperidine rings is 1. The molecule has 7 heteroatoms. The van der Waals surface area contributed by atoms with E-state index in [0.717, 1.165) is 31.6 Å². The summed E-state index contributed by atoms with van der Waals surface area (Å²) in [6.45, 7) is 5.83. The van der Waals surface area contributed by atoms with Gasteiger partial charge in [0.1, 0.15) is 0 Å². The minimum Gasteiger partial charge on any atom is -0.319 e. The molecule has 0 aromatic heterocycles. The molecule has 0 amide bonds. The highest BCUT2D eigenvalue weighted by Crippen LogP contribution is 2.26. The van der Waals surface area contributed by atoms with Crippen LogP contribution in [-0.4, -0.2) is 67.8 Å². The van der Waals surface area contributed by atoms with E-state index in [4.69, 9.17) is 0 Å². The fourth-order valence-electron chi connectivity index (χ4n) is 2.94. The van der Waals surface area contributed by atoms with E-state index in [1.165, 1.54) is 0 Å². The Labute approximate surface area is 127 Å². The van der Waals surface area contributed by atoms with Gasteiger partial charge in [-0.3, -0.25) is 0 Å². The van der Waals surface area contributed by atoms with Crippen LogP contribution < -0.4 is 5.32 Å². The molecular formula is C13H27N3O2S2. The third kappa shape index (κ3) is 3.88. The molecule has 0 radical (unpaired) electrons. The number of nitrogens with one attached hydrogen (secondary N) is 1. The molecule has 0 aliphatic carbocycles. The number of hydrogen-bond acceptors (Lipinski definition) is 4. The lowest BCUT2D eigenvalue weighted by Crippen LogP contribution is -2.51. The van der Waals surface area contributed by atoms with Crippen molar-refractivity contribution in [1.29, 1.82) is 0 Å². The van der Waals surface area contributed by atoms with Gasteiger partial charge in [-0.1, -0.05) is 6.92 Å². The van der Waals surface area contributed by atoms with Gasteiger partial charge in [0.2, 0.25) is 0 Å². The second-order valence-corrected chi connectivity index (χ2v) is 9.00. The van der Waals surface area contributed by atoms with Gasteiger partial charge in [-0.25, -0.2) is 0 Å². The summed E-state index contributed by atoms with van der Waals surface area (Å²) >= 11 is 1.90. The van der Waals surface area contributed by atoms with Crippen molar-refractivity contribution in [3.63, 3.8) is 0 Å². The summed E-state index contributed by atoms with van der Waals surface area (Å²) < 4.78 is 28.8. The molecule has 2 heterocycles. The van der Waals surface area contributed by atoms with Crippen molar-refractivity contribution in [2.24, 2.45) is 5.92 Å². The number of nitrogens with zero attached hydrogens (tertiary/aromatic N) is 2. The van der Waals surface area contributed by atoms with Crippen molar-refractivity contribution in [2.75, 3.05) is 45.5 Å². The van der Waals surface area contributed by atoms with Crippen molar-refractivity contribution in [3.8, 4) is 0 Å². The third-order valence-corrected chi connectivity index (χ3v) is 7.65. The fraction of sp³-hybridized carbons (Fsp3) is 1.00. The topological polar surface area (TPSA) is 52.7 Å². The Morgan fingerprint density at radius 2 is 1.90 bits per heavy atom. The zero-order valence-electron chi connectivity index (χ0n) is 12.5. The van der Waals surface area contributed by atoms with E-state index in [9.17, 15) is 8.42 Å². The zero-order chi connectivity index (χ0) is 14.6. The summed E-state index contributed by atoms with van der Waals surface area (Å²) in [7, 11) is -1.28. The molecule has 5 nitrogen and oxygen atoms in total. The molecule has 118 valence electrons. The van der Waals surface area contributed by atoms with E-state index >= 15 is 0 Å². The molecule has 1 unspecified atom stereocenters. The Hall–Kier alpha value is 0.180. The highest BCUT2D eigenvalue weighted by Gasteiger charge is 2.35. The molecule has 0 bridgehead atoms. The van der Waals surface area contributed by atoms with Crippen LogP contribution in [0.15, 0.2) is 0 Å². The SMILES string of the molecule is CCC1CN(S(=O)(=O)N2CCC(CNC)CC2)CCS1. The van der Waals surface area contributed by atoms with E-state index in [1.807, 2.05) is 18.8 Å². The van der Waals surface area contributed by atoms with Gasteiger partial charge >= 0.3 is 0 Å². The molecule has 0 saturated carbocycles. The zero-order valence-corrected chi connectivity index (χ0v) is 14.2. The first-order valence-electron chi connectivity index (χ1n) is 7.59. The van der Waals surface area contributed by atoms with Gasteiger partial charge in [0.15, 0.2) is 0 Å². The molecule has 2 rings (SSSR count). The lowest BCUT2D eigenvalue weighted by atomic mass is 9.98. The Kier molecular flexibility index (Phi) is 6.16. The lowest BCUT2D eigenvalue weighted by Gasteiger charge is -2.37. The predicted molar refractivity (Wildman–Crippen MR) is 85.3 cm³/mol. The molecular weight excluding hydrogens is 294 g/mol.